The first-order chi connectivity index (χ1) is 5.15. The van der Waals surface area contributed by atoms with Crippen molar-refractivity contribution in [2.45, 2.75) is 0 Å². The van der Waals surface area contributed by atoms with Crippen LogP contribution in [0.4, 0.5) is 0 Å². The lowest BCUT2D eigenvalue weighted by Gasteiger charge is -1.83. The SMILES string of the molecule is Cn1cc(C(=O)O)c(C=O)n1. The van der Waals surface area contributed by atoms with E-state index in [-0.39, 0.29) is 11.3 Å². The van der Waals surface area contributed by atoms with Crippen molar-refractivity contribution in [3.8, 4) is 0 Å². The minimum atomic E-state index is -1.14. The third-order valence-electron chi connectivity index (χ3n) is 1.20. The van der Waals surface area contributed by atoms with Crippen molar-refractivity contribution < 1.29 is 14.7 Å². The highest BCUT2D eigenvalue weighted by Gasteiger charge is 2.12. The average Bonchev–Trinajstić information content (AvgIpc) is 2.30. The summed E-state index contributed by atoms with van der Waals surface area (Å²) in [6.07, 6.45) is 1.70. The van der Waals surface area contributed by atoms with Gasteiger partial charge in [0.05, 0.1) is 0 Å². The highest BCUT2D eigenvalue weighted by molar-refractivity contribution is 5.95. The van der Waals surface area contributed by atoms with Gasteiger partial charge in [-0.1, -0.05) is 0 Å². The van der Waals surface area contributed by atoms with Crippen LogP contribution in [-0.2, 0) is 7.05 Å². The predicted octanol–water partition coefficient (Wildman–Crippen LogP) is -0.0692. The van der Waals surface area contributed by atoms with Crippen molar-refractivity contribution in [2.75, 3.05) is 0 Å². The Kier molecular flexibility index (Phi) is 1.72. The third kappa shape index (κ3) is 1.26. The molecule has 0 radical (unpaired) electrons. The predicted molar refractivity (Wildman–Crippen MR) is 35.6 cm³/mol. The van der Waals surface area contributed by atoms with E-state index in [0.717, 1.165) is 0 Å². The van der Waals surface area contributed by atoms with Gasteiger partial charge in [-0.05, 0) is 0 Å². The van der Waals surface area contributed by atoms with E-state index in [1.54, 1.807) is 7.05 Å². The number of hydrogen-bond donors (Lipinski definition) is 1. The van der Waals surface area contributed by atoms with Crippen LogP contribution in [0, 0.1) is 0 Å². The molecule has 0 atom stereocenters. The fraction of sp³-hybridized carbons (Fsp3) is 0.167. The molecule has 0 spiro atoms. The number of hydrogen-bond acceptors (Lipinski definition) is 3. The van der Waals surface area contributed by atoms with Crippen LogP contribution in [0.1, 0.15) is 20.8 Å². The van der Waals surface area contributed by atoms with E-state index < -0.39 is 5.97 Å². The summed E-state index contributed by atoms with van der Waals surface area (Å²) in [5.74, 6) is -1.14. The summed E-state index contributed by atoms with van der Waals surface area (Å²) in [5, 5.41) is 12.1. The summed E-state index contributed by atoms with van der Waals surface area (Å²) in [6, 6.07) is 0. The molecule has 1 rings (SSSR count). The number of carboxylic acid groups (broad SMARTS) is 1. The summed E-state index contributed by atoms with van der Waals surface area (Å²) >= 11 is 0. The molecule has 0 unspecified atom stereocenters. The first-order valence-corrected chi connectivity index (χ1v) is 2.87. The minimum absolute atomic E-state index is 0.0417. The van der Waals surface area contributed by atoms with E-state index in [1.165, 1.54) is 10.9 Å². The number of nitrogens with zero attached hydrogens (tertiary/aromatic N) is 2. The Morgan fingerprint density at radius 2 is 2.45 bits per heavy atom. The van der Waals surface area contributed by atoms with Gasteiger partial charge < -0.3 is 5.11 Å². The van der Waals surface area contributed by atoms with E-state index in [2.05, 4.69) is 5.10 Å². The molecule has 0 saturated carbocycles. The summed E-state index contributed by atoms with van der Waals surface area (Å²) in [6.45, 7) is 0. The van der Waals surface area contributed by atoms with Crippen LogP contribution in [0.2, 0.25) is 0 Å². The van der Waals surface area contributed by atoms with Gasteiger partial charge in [-0.2, -0.15) is 5.10 Å². The first-order valence-electron chi connectivity index (χ1n) is 2.87. The Morgan fingerprint density at radius 3 is 2.82 bits per heavy atom. The summed E-state index contributed by atoms with van der Waals surface area (Å²) in [7, 11) is 1.56. The molecule has 58 valence electrons. The van der Waals surface area contributed by atoms with Gasteiger partial charge in [-0.3, -0.25) is 9.48 Å². The number of aldehydes is 1. The quantitative estimate of drug-likeness (QED) is 0.605. The van der Waals surface area contributed by atoms with Gasteiger partial charge in [0.2, 0.25) is 0 Å². The van der Waals surface area contributed by atoms with Crippen LogP contribution in [0.5, 0.6) is 0 Å². The summed E-state index contributed by atoms with van der Waals surface area (Å²) in [4.78, 5) is 20.6. The number of carbonyl (C=O) groups excluding carboxylic acids is 1. The van der Waals surface area contributed by atoms with Crippen molar-refractivity contribution in [3.05, 3.63) is 17.5 Å². The molecule has 5 heteroatoms. The Morgan fingerprint density at radius 1 is 1.82 bits per heavy atom. The van der Waals surface area contributed by atoms with Crippen LogP contribution in [0.25, 0.3) is 0 Å². The van der Waals surface area contributed by atoms with Crippen molar-refractivity contribution in [1.82, 2.24) is 9.78 Å². The van der Waals surface area contributed by atoms with Gasteiger partial charge in [-0.25, -0.2) is 4.79 Å². The Hall–Kier alpha value is -1.65. The zero-order valence-corrected chi connectivity index (χ0v) is 5.81. The second kappa shape index (κ2) is 2.53. The molecular weight excluding hydrogens is 148 g/mol. The number of aromatic nitrogens is 2. The van der Waals surface area contributed by atoms with Gasteiger partial charge in [0.25, 0.3) is 0 Å². The molecule has 0 saturated heterocycles. The second-order valence-electron chi connectivity index (χ2n) is 2.02. The fourth-order valence-corrected chi connectivity index (χ4v) is 0.757. The Bertz CT molecular complexity index is 303. The van der Waals surface area contributed by atoms with Crippen molar-refractivity contribution >= 4 is 12.3 Å². The second-order valence-corrected chi connectivity index (χ2v) is 2.02. The lowest BCUT2D eigenvalue weighted by atomic mass is 10.3. The van der Waals surface area contributed by atoms with E-state index in [0.29, 0.717) is 6.29 Å². The molecule has 11 heavy (non-hydrogen) atoms. The van der Waals surface area contributed by atoms with Gasteiger partial charge in [-0.15, -0.1) is 0 Å². The number of carbonyl (C=O) groups is 2. The van der Waals surface area contributed by atoms with Gasteiger partial charge >= 0.3 is 5.97 Å². The molecule has 1 N–H and O–H groups in total. The molecule has 0 fully saturated rings. The average molecular weight is 154 g/mol. The third-order valence-corrected chi connectivity index (χ3v) is 1.20. The summed E-state index contributed by atoms with van der Waals surface area (Å²) < 4.78 is 1.28. The van der Waals surface area contributed by atoms with Crippen molar-refractivity contribution in [3.63, 3.8) is 0 Å². The number of aryl methyl sites for hydroxylation is 1. The van der Waals surface area contributed by atoms with Gasteiger partial charge in [0.1, 0.15) is 11.3 Å². The zero-order valence-electron chi connectivity index (χ0n) is 5.81. The van der Waals surface area contributed by atoms with Gasteiger partial charge in [0, 0.05) is 13.2 Å². The van der Waals surface area contributed by atoms with Crippen molar-refractivity contribution in [2.24, 2.45) is 7.05 Å². The van der Waals surface area contributed by atoms with Crippen molar-refractivity contribution in [1.29, 1.82) is 0 Å². The maximum atomic E-state index is 10.4. The molecule has 0 aliphatic rings. The van der Waals surface area contributed by atoms with Crippen LogP contribution >= 0.6 is 0 Å². The highest BCUT2D eigenvalue weighted by atomic mass is 16.4. The van der Waals surface area contributed by atoms with Crippen LogP contribution in [0.15, 0.2) is 6.20 Å². The van der Waals surface area contributed by atoms with E-state index in [9.17, 15) is 9.59 Å². The van der Waals surface area contributed by atoms with Gasteiger partial charge in [0.15, 0.2) is 6.29 Å². The number of carboxylic acids is 1. The standard InChI is InChI=1S/C6H6N2O3/c1-8-2-4(6(10)11)5(3-9)7-8/h2-3H,1H3,(H,10,11). The normalized spacial score (nSPS) is 9.55. The zero-order chi connectivity index (χ0) is 8.43. The molecule has 0 aromatic carbocycles. The molecule has 0 bridgehead atoms. The summed E-state index contributed by atoms with van der Waals surface area (Å²) in [5.41, 5.74) is -0.109. The molecule has 1 aromatic rings. The lowest BCUT2D eigenvalue weighted by molar-refractivity contribution is 0.0694. The van der Waals surface area contributed by atoms with Crippen LogP contribution < -0.4 is 0 Å². The number of rotatable bonds is 2. The van der Waals surface area contributed by atoms with Crippen LogP contribution in [-0.4, -0.2) is 27.1 Å². The van der Waals surface area contributed by atoms with E-state index in [1.807, 2.05) is 0 Å². The molecular formula is C6H6N2O3. The topological polar surface area (TPSA) is 72.2 Å². The van der Waals surface area contributed by atoms with Crippen LogP contribution in [0.3, 0.4) is 0 Å². The van der Waals surface area contributed by atoms with E-state index in [4.69, 9.17) is 5.11 Å². The molecule has 1 aromatic heterocycles. The smallest absolute Gasteiger partial charge is 0.339 e. The Balaban J connectivity index is 3.22. The fourth-order valence-electron chi connectivity index (χ4n) is 0.757. The first kappa shape index (κ1) is 7.46. The Labute approximate surface area is 62.3 Å². The monoisotopic (exact) mass is 154 g/mol. The minimum Gasteiger partial charge on any atom is -0.478 e. The lowest BCUT2D eigenvalue weighted by Crippen LogP contribution is -1.98. The maximum Gasteiger partial charge on any atom is 0.339 e. The molecule has 0 aliphatic heterocycles. The molecule has 1 heterocycles. The highest BCUT2D eigenvalue weighted by Crippen LogP contribution is 2.02. The molecule has 5 nitrogen and oxygen atoms in total. The number of aromatic carboxylic acids is 1. The maximum absolute atomic E-state index is 10.4. The molecule has 0 aliphatic carbocycles. The molecule has 0 amide bonds. The largest absolute Gasteiger partial charge is 0.478 e. The van der Waals surface area contributed by atoms with E-state index >= 15 is 0 Å².